The Balaban J connectivity index is 1.92. The summed E-state index contributed by atoms with van der Waals surface area (Å²) in [5.74, 6) is 1.26. The highest BCUT2D eigenvalue weighted by Crippen LogP contribution is 2.13. The summed E-state index contributed by atoms with van der Waals surface area (Å²) in [5.41, 5.74) is 0.909. The van der Waals surface area contributed by atoms with E-state index >= 15 is 0 Å². The molecule has 0 saturated heterocycles. The lowest BCUT2D eigenvalue weighted by atomic mass is 10.3. The van der Waals surface area contributed by atoms with E-state index in [1.807, 2.05) is 19.9 Å². The van der Waals surface area contributed by atoms with Crippen molar-refractivity contribution in [2.45, 2.75) is 20.3 Å². The summed E-state index contributed by atoms with van der Waals surface area (Å²) in [7, 11) is 0. The molecule has 2 aromatic heterocycles. The number of aromatic nitrogens is 2. The first kappa shape index (κ1) is 12.8. The van der Waals surface area contributed by atoms with Gasteiger partial charge in [-0.25, -0.2) is 4.98 Å². The Morgan fingerprint density at radius 2 is 2.28 bits per heavy atom. The molecular formula is C13H17N3OS. The van der Waals surface area contributed by atoms with Gasteiger partial charge in [-0.1, -0.05) is 6.07 Å². The molecule has 2 aromatic rings. The van der Waals surface area contributed by atoms with Crippen molar-refractivity contribution in [1.29, 1.82) is 0 Å². The van der Waals surface area contributed by atoms with E-state index < -0.39 is 0 Å². The minimum atomic E-state index is 0.616. The second kappa shape index (κ2) is 6.35. The second-order valence-corrected chi connectivity index (χ2v) is 4.89. The standard InChI is InChI=1S/C13H17N3OS/c1-3-17-12-9-10(2)15-13(16-12)14-7-6-11-5-4-8-18-11/h4-5,8-9H,3,6-7H2,1-2H3,(H,14,15,16). The highest BCUT2D eigenvalue weighted by Gasteiger charge is 2.02. The van der Waals surface area contributed by atoms with Crippen LogP contribution in [-0.2, 0) is 6.42 Å². The van der Waals surface area contributed by atoms with Gasteiger partial charge in [0, 0.05) is 23.2 Å². The fourth-order valence-electron chi connectivity index (χ4n) is 1.59. The SMILES string of the molecule is CCOc1cc(C)nc(NCCc2cccs2)n1. The van der Waals surface area contributed by atoms with E-state index in [2.05, 4.69) is 32.8 Å². The molecule has 0 unspecified atom stereocenters. The lowest BCUT2D eigenvalue weighted by Gasteiger charge is -2.07. The van der Waals surface area contributed by atoms with Crippen LogP contribution in [0.4, 0.5) is 5.95 Å². The Morgan fingerprint density at radius 1 is 1.39 bits per heavy atom. The van der Waals surface area contributed by atoms with Crippen molar-refractivity contribution in [3.8, 4) is 5.88 Å². The average Bonchev–Trinajstić information content (AvgIpc) is 2.82. The first-order chi connectivity index (χ1) is 8.78. The first-order valence-electron chi connectivity index (χ1n) is 6.02. The molecule has 0 saturated carbocycles. The molecule has 0 aliphatic rings. The predicted molar refractivity (Wildman–Crippen MR) is 74.5 cm³/mol. The maximum Gasteiger partial charge on any atom is 0.226 e. The molecule has 5 heteroatoms. The summed E-state index contributed by atoms with van der Waals surface area (Å²) < 4.78 is 5.39. The number of aryl methyl sites for hydroxylation is 1. The maximum absolute atomic E-state index is 5.39. The number of anilines is 1. The lowest BCUT2D eigenvalue weighted by Crippen LogP contribution is -2.09. The largest absolute Gasteiger partial charge is 0.478 e. The summed E-state index contributed by atoms with van der Waals surface area (Å²) in [6, 6.07) is 6.04. The zero-order valence-corrected chi connectivity index (χ0v) is 11.5. The molecule has 0 radical (unpaired) electrons. The van der Waals surface area contributed by atoms with E-state index in [9.17, 15) is 0 Å². The molecule has 0 fully saturated rings. The van der Waals surface area contributed by atoms with Gasteiger partial charge in [0.15, 0.2) is 0 Å². The Bertz CT molecular complexity index is 485. The molecule has 0 atom stereocenters. The normalized spacial score (nSPS) is 10.3. The zero-order valence-electron chi connectivity index (χ0n) is 10.6. The smallest absolute Gasteiger partial charge is 0.226 e. The van der Waals surface area contributed by atoms with Gasteiger partial charge in [-0.2, -0.15) is 4.98 Å². The molecule has 18 heavy (non-hydrogen) atoms. The molecule has 0 aliphatic heterocycles. The van der Waals surface area contributed by atoms with Gasteiger partial charge >= 0.3 is 0 Å². The van der Waals surface area contributed by atoms with Crippen LogP contribution in [0.2, 0.25) is 0 Å². The minimum Gasteiger partial charge on any atom is -0.478 e. The zero-order chi connectivity index (χ0) is 12.8. The summed E-state index contributed by atoms with van der Waals surface area (Å²) in [6.45, 7) is 5.33. The fraction of sp³-hybridized carbons (Fsp3) is 0.385. The van der Waals surface area contributed by atoms with Crippen LogP contribution in [0, 0.1) is 6.92 Å². The van der Waals surface area contributed by atoms with Crippen molar-refractivity contribution in [1.82, 2.24) is 9.97 Å². The predicted octanol–water partition coefficient (Wildman–Crippen LogP) is 2.90. The molecule has 2 heterocycles. The maximum atomic E-state index is 5.39. The van der Waals surface area contributed by atoms with Crippen LogP contribution in [0.5, 0.6) is 5.88 Å². The van der Waals surface area contributed by atoms with Gasteiger partial charge in [-0.05, 0) is 31.7 Å². The van der Waals surface area contributed by atoms with E-state index in [0.29, 0.717) is 18.4 Å². The summed E-state index contributed by atoms with van der Waals surface area (Å²) in [6.07, 6.45) is 0.985. The molecule has 2 rings (SSSR count). The molecule has 4 nitrogen and oxygen atoms in total. The van der Waals surface area contributed by atoms with E-state index in [-0.39, 0.29) is 0 Å². The van der Waals surface area contributed by atoms with Crippen LogP contribution < -0.4 is 10.1 Å². The van der Waals surface area contributed by atoms with Crippen LogP contribution in [-0.4, -0.2) is 23.1 Å². The molecule has 0 bridgehead atoms. The molecule has 0 aromatic carbocycles. The fourth-order valence-corrected chi connectivity index (χ4v) is 2.30. The quantitative estimate of drug-likeness (QED) is 0.870. The number of rotatable bonds is 6. The molecule has 0 amide bonds. The molecule has 96 valence electrons. The van der Waals surface area contributed by atoms with E-state index in [1.54, 1.807) is 11.3 Å². The molecule has 0 aliphatic carbocycles. The summed E-state index contributed by atoms with van der Waals surface area (Å²) in [4.78, 5) is 10.00. The molecule has 1 N–H and O–H groups in total. The highest BCUT2D eigenvalue weighted by atomic mass is 32.1. The molecule has 0 spiro atoms. The first-order valence-corrected chi connectivity index (χ1v) is 6.90. The topological polar surface area (TPSA) is 47.0 Å². The summed E-state index contributed by atoms with van der Waals surface area (Å²) >= 11 is 1.77. The van der Waals surface area contributed by atoms with Crippen molar-refractivity contribution in [3.63, 3.8) is 0 Å². The van der Waals surface area contributed by atoms with Gasteiger partial charge < -0.3 is 10.1 Å². The lowest BCUT2D eigenvalue weighted by molar-refractivity contribution is 0.326. The molecular weight excluding hydrogens is 246 g/mol. The van der Waals surface area contributed by atoms with Crippen molar-refractivity contribution in [2.75, 3.05) is 18.5 Å². The van der Waals surface area contributed by atoms with Crippen LogP contribution >= 0.6 is 11.3 Å². The minimum absolute atomic E-state index is 0.616. The van der Waals surface area contributed by atoms with Crippen LogP contribution in [0.3, 0.4) is 0 Å². The second-order valence-electron chi connectivity index (χ2n) is 3.86. The van der Waals surface area contributed by atoms with Crippen molar-refractivity contribution in [2.24, 2.45) is 0 Å². The third-order valence-electron chi connectivity index (χ3n) is 2.36. The van der Waals surface area contributed by atoms with Gasteiger partial charge in [0.2, 0.25) is 11.8 Å². The van der Waals surface area contributed by atoms with Gasteiger partial charge in [0.1, 0.15) is 0 Å². The third-order valence-corrected chi connectivity index (χ3v) is 3.29. The van der Waals surface area contributed by atoms with Gasteiger partial charge in [-0.3, -0.25) is 0 Å². The van der Waals surface area contributed by atoms with Crippen LogP contribution in [0.15, 0.2) is 23.6 Å². The van der Waals surface area contributed by atoms with Crippen LogP contribution in [0.1, 0.15) is 17.5 Å². The Morgan fingerprint density at radius 3 is 3.00 bits per heavy atom. The average molecular weight is 263 g/mol. The highest BCUT2D eigenvalue weighted by molar-refractivity contribution is 7.09. The number of nitrogens with one attached hydrogen (secondary N) is 1. The number of hydrogen-bond donors (Lipinski definition) is 1. The monoisotopic (exact) mass is 263 g/mol. The van der Waals surface area contributed by atoms with Crippen molar-refractivity contribution < 1.29 is 4.74 Å². The van der Waals surface area contributed by atoms with Crippen molar-refractivity contribution in [3.05, 3.63) is 34.2 Å². The van der Waals surface area contributed by atoms with Crippen molar-refractivity contribution >= 4 is 17.3 Å². The number of thiophene rings is 1. The Labute approximate surface area is 111 Å². The van der Waals surface area contributed by atoms with Gasteiger partial charge in [0.05, 0.1) is 6.61 Å². The van der Waals surface area contributed by atoms with E-state index in [0.717, 1.165) is 18.7 Å². The number of ether oxygens (including phenoxy) is 1. The van der Waals surface area contributed by atoms with Gasteiger partial charge in [-0.15, -0.1) is 11.3 Å². The van der Waals surface area contributed by atoms with Gasteiger partial charge in [0.25, 0.3) is 0 Å². The van der Waals surface area contributed by atoms with E-state index in [1.165, 1.54) is 4.88 Å². The van der Waals surface area contributed by atoms with E-state index in [4.69, 9.17) is 4.74 Å². The summed E-state index contributed by atoms with van der Waals surface area (Å²) in [5, 5.41) is 5.32. The Hall–Kier alpha value is -1.62. The Kier molecular flexibility index (Phi) is 4.52. The number of hydrogen-bond acceptors (Lipinski definition) is 5. The van der Waals surface area contributed by atoms with Crippen LogP contribution in [0.25, 0.3) is 0 Å². The number of nitrogens with zero attached hydrogens (tertiary/aromatic N) is 2. The third kappa shape index (κ3) is 3.70.